The number of fused-ring (bicyclic) bond motifs is 1. The van der Waals surface area contributed by atoms with Gasteiger partial charge < -0.3 is 10.6 Å². The van der Waals surface area contributed by atoms with Crippen LogP contribution < -0.4 is 10.6 Å². The number of hydrogen-bond donors (Lipinski definition) is 2. The summed E-state index contributed by atoms with van der Waals surface area (Å²) in [6, 6.07) is 12.3. The maximum absolute atomic E-state index is 12.6. The van der Waals surface area contributed by atoms with Gasteiger partial charge in [0.2, 0.25) is 5.91 Å². The number of nitrogens with zero attached hydrogens (tertiary/aromatic N) is 3. The monoisotopic (exact) mass is 349 g/mol. The fourth-order valence-corrected chi connectivity index (χ4v) is 2.83. The number of rotatable bonds is 5. The van der Waals surface area contributed by atoms with Crippen LogP contribution in [-0.4, -0.2) is 26.4 Å². The Balaban J connectivity index is 1.48. The lowest BCUT2D eigenvalue weighted by atomic mass is 10.1. The lowest BCUT2D eigenvalue weighted by molar-refractivity contribution is -0.117. The summed E-state index contributed by atoms with van der Waals surface area (Å²) >= 11 is 0. The Hall–Kier alpha value is -3.22. The number of pyridine rings is 1. The van der Waals surface area contributed by atoms with Gasteiger partial charge in [-0.05, 0) is 50.1 Å². The second-order valence-corrected chi connectivity index (χ2v) is 6.53. The number of amides is 2. The lowest BCUT2D eigenvalue weighted by Gasteiger charge is -2.13. The summed E-state index contributed by atoms with van der Waals surface area (Å²) in [5, 5.41) is 14.1. The highest BCUT2D eigenvalue weighted by Gasteiger charge is 2.29. The van der Waals surface area contributed by atoms with Crippen LogP contribution in [0.4, 0.5) is 5.69 Å². The Morgan fingerprint density at radius 3 is 2.81 bits per heavy atom. The standard InChI is InChI=1S/C19H19N5O2/c1-12(17-23-22-16-7-2-3-10-24(16)17)20-19(26)14-5-4-6-15(11-14)21-18(25)13-8-9-13/h2-7,10-13H,8-9H2,1H3,(H,20,26)(H,21,25). The van der Waals surface area contributed by atoms with Crippen LogP contribution in [0.15, 0.2) is 48.7 Å². The number of benzene rings is 1. The van der Waals surface area contributed by atoms with Crippen molar-refractivity contribution in [2.75, 3.05) is 5.32 Å². The predicted octanol–water partition coefficient (Wildman–Crippen LogP) is 2.57. The van der Waals surface area contributed by atoms with Crippen molar-refractivity contribution >= 4 is 23.1 Å². The predicted molar refractivity (Wildman–Crippen MR) is 96.7 cm³/mol. The molecule has 0 saturated heterocycles. The molecule has 0 radical (unpaired) electrons. The largest absolute Gasteiger partial charge is 0.342 e. The number of aromatic nitrogens is 3. The molecule has 1 atom stereocenters. The highest BCUT2D eigenvalue weighted by Crippen LogP contribution is 2.30. The number of carbonyl (C=O) groups is 2. The van der Waals surface area contributed by atoms with Crippen LogP contribution in [0, 0.1) is 5.92 Å². The summed E-state index contributed by atoms with van der Waals surface area (Å²) in [7, 11) is 0. The Kier molecular flexibility index (Phi) is 4.12. The second kappa shape index (κ2) is 6.59. The second-order valence-electron chi connectivity index (χ2n) is 6.53. The third-order valence-electron chi connectivity index (χ3n) is 4.42. The van der Waals surface area contributed by atoms with Crippen LogP contribution in [-0.2, 0) is 4.79 Å². The van der Waals surface area contributed by atoms with Gasteiger partial charge in [-0.15, -0.1) is 10.2 Å². The van der Waals surface area contributed by atoms with Gasteiger partial charge in [-0.2, -0.15) is 0 Å². The molecule has 0 bridgehead atoms. The quantitative estimate of drug-likeness (QED) is 0.741. The van der Waals surface area contributed by atoms with Crippen molar-refractivity contribution in [1.29, 1.82) is 0 Å². The zero-order chi connectivity index (χ0) is 18.1. The molecule has 1 unspecified atom stereocenters. The zero-order valence-corrected chi connectivity index (χ0v) is 14.3. The fourth-order valence-electron chi connectivity index (χ4n) is 2.83. The van der Waals surface area contributed by atoms with Crippen molar-refractivity contribution in [1.82, 2.24) is 19.9 Å². The van der Waals surface area contributed by atoms with Crippen LogP contribution in [0.25, 0.3) is 5.65 Å². The molecule has 0 spiro atoms. The van der Waals surface area contributed by atoms with Gasteiger partial charge >= 0.3 is 0 Å². The minimum Gasteiger partial charge on any atom is -0.342 e. The molecular formula is C19H19N5O2. The minimum atomic E-state index is -0.315. The van der Waals surface area contributed by atoms with E-state index in [9.17, 15) is 9.59 Å². The highest BCUT2D eigenvalue weighted by atomic mass is 16.2. The third kappa shape index (κ3) is 3.28. The summed E-state index contributed by atoms with van der Waals surface area (Å²) in [4.78, 5) is 24.5. The van der Waals surface area contributed by atoms with Gasteiger partial charge in [-0.1, -0.05) is 12.1 Å². The van der Waals surface area contributed by atoms with E-state index >= 15 is 0 Å². The number of nitrogens with one attached hydrogen (secondary N) is 2. The number of carbonyl (C=O) groups excluding carboxylic acids is 2. The van der Waals surface area contributed by atoms with Crippen LogP contribution in [0.1, 0.15) is 42.0 Å². The van der Waals surface area contributed by atoms with E-state index in [1.54, 1.807) is 24.3 Å². The lowest BCUT2D eigenvalue weighted by Crippen LogP contribution is -2.28. The van der Waals surface area contributed by atoms with E-state index in [4.69, 9.17) is 0 Å². The summed E-state index contributed by atoms with van der Waals surface area (Å²) in [6.07, 6.45) is 3.74. The van der Waals surface area contributed by atoms with Gasteiger partial charge in [0, 0.05) is 23.4 Å². The van der Waals surface area contributed by atoms with E-state index in [1.807, 2.05) is 35.7 Å². The molecular weight excluding hydrogens is 330 g/mol. The average Bonchev–Trinajstić information content (AvgIpc) is 3.41. The molecule has 7 heteroatoms. The van der Waals surface area contributed by atoms with E-state index in [1.165, 1.54) is 0 Å². The van der Waals surface area contributed by atoms with Gasteiger partial charge in [0.25, 0.3) is 5.91 Å². The molecule has 2 aromatic heterocycles. The van der Waals surface area contributed by atoms with Gasteiger partial charge in [-0.25, -0.2) is 0 Å². The molecule has 2 heterocycles. The smallest absolute Gasteiger partial charge is 0.251 e. The molecule has 132 valence electrons. The van der Waals surface area contributed by atoms with Gasteiger partial charge in [0.1, 0.15) is 0 Å². The molecule has 2 amide bonds. The zero-order valence-electron chi connectivity index (χ0n) is 14.3. The fraction of sp³-hybridized carbons (Fsp3) is 0.263. The molecule has 1 aliphatic rings. The maximum Gasteiger partial charge on any atom is 0.251 e. The molecule has 1 aliphatic carbocycles. The third-order valence-corrected chi connectivity index (χ3v) is 4.42. The maximum atomic E-state index is 12.6. The van der Waals surface area contributed by atoms with Crippen LogP contribution in [0.3, 0.4) is 0 Å². The van der Waals surface area contributed by atoms with E-state index in [-0.39, 0.29) is 23.8 Å². The molecule has 4 rings (SSSR count). The van der Waals surface area contributed by atoms with Gasteiger partial charge in [-0.3, -0.25) is 14.0 Å². The van der Waals surface area contributed by atoms with Crippen molar-refractivity contribution in [3.63, 3.8) is 0 Å². The minimum absolute atomic E-state index is 0.0193. The van der Waals surface area contributed by atoms with Crippen LogP contribution >= 0.6 is 0 Å². The first-order valence-electron chi connectivity index (χ1n) is 8.63. The van der Waals surface area contributed by atoms with Crippen molar-refractivity contribution in [2.24, 2.45) is 5.92 Å². The van der Waals surface area contributed by atoms with E-state index in [0.29, 0.717) is 17.1 Å². The number of hydrogen-bond acceptors (Lipinski definition) is 4. The summed E-state index contributed by atoms with van der Waals surface area (Å²) in [5.41, 5.74) is 1.85. The SMILES string of the molecule is CC(NC(=O)c1cccc(NC(=O)C2CC2)c1)c1nnc2ccccn12. The van der Waals surface area contributed by atoms with Crippen molar-refractivity contribution in [3.05, 3.63) is 60.0 Å². The van der Waals surface area contributed by atoms with Gasteiger partial charge in [0.15, 0.2) is 11.5 Å². The molecule has 1 aromatic carbocycles. The number of anilines is 1. The first-order valence-corrected chi connectivity index (χ1v) is 8.63. The molecule has 1 fully saturated rings. The normalized spacial score (nSPS) is 14.8. The first kappa shape index (κ1) is 16.3. The van der Waals surface area contributed by atoms with Crippen molar-refractivity contribution in [3.8, 4) is 0 Å². The molecule has 3 aromatic rings. The first-order chi connectivity index (χ1) is 12.6. The van der Waals surface area contributed by atoms with Gasteiger partial charge in [0.05, 0.1) is 6.04 Å². The Bertz CT molecular complexity index is 977. The molecule has 0 aliphatic heterocycles. The molecule has 26 heavy (non-hydrogen) atoms. The molecule has 1 saturated carbocycles. The highest BCUT2D eigenvalue weighted by molar-refractivity contribution is 5.98. The van der Waals surface area contributed by atoms with Crippen molar-refractivity contribution in [2.45, 2.75) is 25.8 Å². The van der Waals surface area contributed by atoms with E-state index < -0.39 is 0 Å². The van der Waals surface area contributed by atoms with E-state index in [2.05, 4.69) is 20.8 Å². The Morgan fingerprint density at radius 2 is 2.00 bits per heavy atom. The van der Waals surface area contributed by atoms with E-state index in [0.717, 1.165) is 18.5 Å². The van der Waals surface area contributed by atoms with Crippen LogP contribution in [0.5, 0.6) is 0 Å². The summed E-state index contributed by atoms with van der Waals surface area (Å²) in [5.74, 6) is 0.569. The Labute approximate surface area is 150 Å². The topological polar surface area (TPSA) is 88.4 Å². The molecule has 7 nitrogen and oxygen atoms in total. The van der Waals surface area contributed by atoms with Crippen LogP contribution in [0.2, 0.25) is 0 Å². The summed E-state index contributed by atoms with van der Waals surface area (Å²) < 4.78 is 1.84. The molecule has 2 N–H and O–H groups in total. The van der Waals surface area contributed by atoms with Crippen molar-refractivity contribution < 1.29 is 9.59 Å². The Morgan fingerprint density at radius 1 is 1.15 bits per heavy atom. The summed E-state index contributed by atoms with van der Waals surface area (Å²) in [6.45, 7) is 1.86. The average molecular weight is 349 g/mol.